The fourth-order valence-electron chi connectivity index (χ4n) is 8.25. The number of fused-ring (bicyclic) bond motifs is 9. The molecule has 0 radical (unpaired) electrons. The van der Waals surface area contributed by atoms with Crippen LogP contribution in [0, 0.1) is 13.8 Å². The zero-order valence-corrected chi connectivity index (χ0v) is 27.3. The summed E-state index contributed by atoms with van der Waals surface area (Å²) in [5.41, 5.74) is 12.8. The minimum absolute atomic E-state index is 0.280. The molecule has 1 aliphatic carbocycles. The second-order valence-electron chi connectivity index (χ2n) is 13.8. The lowest BCUT2D eigenvalue weighted by atomic mass is 9.91. The van der Waals surface area contributed by atoms with Gasteiger partial charge in [-0.25, -0.2) is 0 Å². The van der Waals surface area contributed by atoms with Gasteiger partial charge in [-0.3, -0.25) is 0 Å². The molecule has 1 unspecified atom stereocenters. The molecule has 0 spiro atoms. The topological polar surface area (TPSA) is 23.0 Å². The van der Waals surface area contributed by atoms with E-state index in [9.17, 15) is 0 Å². The molecule has 1 aliphatic rings. The highest BCUT2D eigenvalue weighted by Gasteiger charge is 2.30. The minimum atomic E-state index is -0.280. The second kappa shape index (κ2) is 9.85. The van der Waals surface area contributed by atoms with Crippen molar-refractivity contribution >= 4 is 66.7 Å². The fraction of sp³-hybridized carbons (Fsp3) is 0.111. The highest BCUT2D eigenvalue weighted by Crippen LogP contribution is 2.41. The number of hydrogen-bond donors (Lipinski definition) is 0. The van der Waals surface area contributed by atoms with Crippen molar-refractivity contribution in [2.75, 3.05) is 0 Å². The zero-order valence-electron chi connectivity index (χ0n) is 27.3. The summed E-state index contributed by atoms with van der Waals surface area (Å²) in [5.74, 6) is 0. The lowest BCUT2D eigenvalue weighted by molar-refractivity contribution is 0.469. The first-order chi connectivity index (χ1) is 23.4. The second-order valence-corrected chi connectivity index (χ2v) is 13.8. The Balaban J connectivity index is 1.22. The first-order valence-corrected chi connectivity index (χ1v) is 16.8. The number of furan rings is 1. The minimum Gasteiger partial charge on any atom is -0.456 e. The van der Waals surface area contributed by atoms with Crippen LogP contribution in [-0.2, 0) is 5.54 Å². The van der Waals surface area contributed by atoms with Gasteiger partial charge in [0.2, 0.25) is 0 Å². The third-order valence-corrected chi connectivity index (χ3v) is 10.5. The van der Waals surface area contributed by atoms with Gasteiger partial charge in [-0.2, -0.15) is 0 Å². The number of rotatable bonds is 3. The molecular weight excluding hydrogens is 585 g/mol. The van der Waals surface area contributed by atoms with Gasteiger partial charge in [0.15, 0.2) is 0 Å². The molecule has 6 aromatic carbocycles. The summed E-state index contributed by atoms with van der Waals surface area (Å²) in [7, 11) is 0. The van der Waals surface area contributed by atoms with Crippen molar-refractivity contribution in [3.05, 3.63) is 149 Å². The molecule has 0 saturated heterocycles. The highest BCUT2D eigenvalue weighted by molar-refractivity contribution is 6.12. The van der Waals surface area contributed by atoms with E-state index >= 15 is 0 Å². The normalized spacial score (nSPS) is 16.1. The largest absolute Gasteiger partial charge is 0.456 e. The van der Waals surface area contributed by atoms with E-state index in [2.05, 4.69) is 163 Å². The van der Waals surface area contributed by atoms with Crippen LogP contribution in [0.1, 0.15) is 24.5 Å². The van der Waals surface area contributed by atoms with Crippen LogP contribution >= 0.6 is 0 Å². The van der Waals surface area contributed by atoms with Gasteiger partial charge in [-0.05, 0) is 111 Å². The Morgan fingerprint density at radius 2 is 1.21 bits per heavy atom. The number of hydrogen-bond acceptors (Lipinski definition) is 1. The van der Waals surface area contributed by atoms with Crippen molar-refractivity contribution in [1.82, 2.24) is 9.13 Å². The van der Waals surface area contributed by atoms with E-state index in [0.29, 0.717) is 0 Å². The first kappa shape index (κ1) is 27.3. The maximum absolute atomic E-state index is 6.27. The molecule has 230 valence electrons. The number of benzene rings is 6. The Morgan fingerprint density at radius 3 is 2.02 bits per heavy atom. The van der Waals surface area contributed by atoms with Gasteiger partial charge in [-0.1, -0.05) is 77.9 Å². The summed E-state index contributed by atoms with van der Waals surface area (Å²) < 4.78 is 11.2. The third-order valence-electron chi connectivity index (χ3n) is 10.5. The maximum Gasteiger partial charge on any atom is 0.135 e. The van der Waals surface area contributed by atoms with Crippen LogP contribution in [0.3, 0.4) is 0 Å². The molecular formula is C45H34N2O. The van der Waals surface area contributed by atoms with Crippen LogP contribution in [0.2, 0.25) is 0 Å². The fourth-order valence-corrected chi connectivity index (χ4v) is 8.25. The van der Waals surface area contributed by atoms with Crippen LogP contribution in [0.15, 0.2) is 132 Å². The number of aryl methyl sites for hydroxylation is 2. The molecule has 3 heterocycles. The molecule has 3 aromatic heterocycles. The smallest absolute Gasteiger partial charge is 0.135 e. The summed E-state index contributed by atoms with van der Waals surface area (Å²) in [5, 5.41) is 7.49. The summed E-state index contributed by atoms with van der Waals surface area (Å²) in [4.78, 5) is 0. The van der Waals surface area contributed by atoms with Crippen LogP contribution in [0.5, 0.6) is 0 Å². The van der Waals surface area contributed by atoms with Gasteiger partial charge in [0.05, 0.1) is 22.1 Å². The van der Waals surface area contributed by atoms with Crippen molar-refractivity contribution in [2.45, 2.75) is 32.7 Å². The number of aromatic nitrogens is 2. The molecule has 1 atom stereocenters. The average Bonchev–Trinajstić information content (AvgIpc) is 3.75. The van der Waals surface area contributed by atoms with E-state index in [1.54, 1.807) is 0 Å². The van der Waals surface area contributed by atoms with Gasteiger partial charge < -0.3 is 13.6 Å². The summed E-state index contributed by atoms with van der Waals surface area (Å²) >= 11 is 0. The summed E-state index contributed by atoms with van der Waals surface area (Å²) in [6.07, 6.45) is 5.57. The van der Waals surface area contributed by atoms with Crippen molar-refractivity contribution in [1.29, 1.82) is 0 Å². The first-order valence-electron chi connectivity index (χ1n) is 16.8. The molecule has 0 aliphatic heterocycles. The third kappa shape index (κ3) is 3.88. The quantitative estimate of drug-likeness (QED) is 0.193. The standard InChI is InChI=1S/C45H34N2O/c1-28-13-18-39-36(24-28)37-25-30(16-20-40(37)46(39)32-9-5-4-6-10-32)31-15-17-33-35-23-29(2)14-19-41(35)47(42(33)26-31)45(3)22-21-44-38(27-45)34-11-7-8-12-43(34)48-44/h4-21,23-27H,22H2,1-3H3. The highest BCUT2D eigenvalue weighted by atomic mass is 16.3. The number of para-hydroxylation sites is 2. The van der Waals surface area contributed by atoms with Gasteiger partial charge in [0.25, 0.3) is 0 Å². The summed E-state index contributed by atoms with van der Waals surface area (Å²) in [6, 6.07) is 46.8. The van der Waals surface area contributed by atoms with Gasteiger partial charge in [0.1, 0.15) is 11.0 Å². The molecule has 0 N–H and O–H groups in total. The molecule has 0 saturated carbocycles. The molecule has 3 heteroatoms. The maximum atomic E-state index is 6.27. The number of nitrogens with zero attached hydrogens (tertiary/aromatic N) is 2. The van der Waals surface area contributed by atoms with Gasteiger partial charge >= 0.3 is 0 Å². The molecule has 0 amide bonds. The Hall–Kier alpha value is -5.80. The summed E-state index contributed by atoms with van der Waals surface area (Å²) in [6.45, 7) is 6.73. The monoisotopic (exact) mass is 618 g/mol. The molecule has 10 rings (SSSR count). The van der Waals surface area contributed by atoms with Crippen LogP contribution in [0.4, 0.5) is 0 Å². The molecule has 0 fully saturated rings. The lowest BCUT2D eigenvalue weighted by Gasteiger charge is -2.31. The predicted molar refractivity (Wildman–Crippen MR) is 201 cm³/mol. The lowest BCUT2D eigenvalue weighted by Crippen LogP contribution is -2.36. The Kier molecular flexibility index (Phi) is 5.61. The predicted octanol–water partition coefficient (Wildman–Crippen LogP) is 10.3. The van der Waals surface area contributed by atoms with E-state index in [1.165, 1.54) is 82.2 Å². The Labute approximate surface area is 278 Å². The van der Waals surface area contributed by atoms with Crippen molar-refractivity contribution < 1.29 is 4.42 Å². The Bertz CT molecular complexity index is 2900. The SMILES string of the molecule is Cc1ccc2c(c1)c1cc(-c3ccc4c5cc(C)ccc5n(C5(C)C=c6c(oc7ccccc67)=CC5)c4c3)ccc1n2-c1ccccc1. The molecule has 3 nitrogen and oxygen atoms in total. The van der Waals surface area contributed by atoms with Gasteiger partial charge in [0, 0.05) is 43.4 Å². The van der Waals surface area contributed by atoms with Crippen molar-refractivity contribution in [3.8, 4) is 16.8 Å². The van der Waals surface area contributed by atoms with E-state index in [1.807, 2.05) is 6.07 Å². The van der Waals surface area contributed by atoms with E-state index in [0.717, 1.165) is 17.4 Å². The van der Waals surface area contributed by atoms with E-state index < -0.39 is 0 Å². The van der Waals surface area contributed by atoms with Crippen molar-refractivity contribution in [2.24, 2.45) is 0 Å². The van der Waals surface area contributed by atoms with Crippen LogP contribution in [-0.4, -0.2) is 9.13 Å². The van der Waals surface area contributed by atoms with Crippen molar-refractivity contribution in [3.63, 3.8) is 0 Å². The Morgan fingerprint density at radius 1 is 0.562 bits per heavy atom. The zero-order chi connectivity index (χ0) is 32.1. The average molecular weight is 619 g/mol. The van der Waals surface area contributed by atoms with E-state index in [-0.39, 0.29) is 5.54 Å². The molecule has 0 bridgehead atoms. The van der Waals surface area contributed by atoms with E-state index in [4.69, 9.17) is 4.42 Å². The van der Waals surface area contributed by atoms with Crippen LogP contribution in [0.25, 0.3) is 83.5 Å². The van der Waals surface area contributed by atoms with Crippen LogP contribution < -0.4 is 10.6 Å². The molecule has 9 aromatic rings. The van der Waals surface area contributed by atoms with Gasteiger partial charge in [-0.15, -0.1) is 0 Å². The molecule has 48 heavy (non-hydrogen) atoms.